The molecule has 2 aliphatic rings. The van der Waals surface area contributed by atoms with E-state index in [1.807, 2.05) is 0 Å². The van der Waals surface area contributed by atoms with Crippen molar-refractivity contribution in [2.75, 3.05) is 26.2 Å². The van der Waals surface area contributed by atoms with Crippen LogP contribution < -0.4 is 0 Å². The number of piperidine rings is 1. The van der Waals surface area contributed by atoms with Gasteiger partial charge in [-0.05, 0) is 74.4 Å². The number of nitrogens with zero attached hydrogens (tertiary/aromatic N) is 3. The molecule has 2 saturated heterocycles. The molecule has 0 bridgehead atoms. The van der Waals surface area contributed by atoms with Crippen molar-refractivity contribution in [3.63, 3.8) is 0 Å². The lowest BCUT2D eigenvalue weighted by molar-refractivity contribution is -0.0436. The summed E-state index contributed by atoms with van der Waals surface area (Å²) in [6.07, 6.45) is 2.70. The van der Waals surface area contributed by atoms with Crippen LogP contribution >= 0.6 is 0 Å². The summed E-state index contributed by atoms with van der Waals surface area (Å²) in [6, 6.07) is 2.87. The third-order valence-electron chi connectivity index (χ3n) is 5.59. The first-order valence-corrected chi connectivity index (χ1v) is 8.96. The number of likely N-dealkylation sites (tertiary alicyclic amines) is 1. The fourth-order valence-electron chi connectivity index (χ4n) is 4.30. The Morgan fingerprint density at radius 2 is 1.38 bits per heavy atom. The van der Waals surface area contributed by atoms with Crippen LogP contribution in [0.4, 0.5) is 0 Å². The van der Waals surface area contributed by atoms with E-state index in [0.717, 1.165) is 6.04 Å². The molecule has 124 valence electrons. The summed E-state index contributed by atoms with van der Waals surface area (Å²) in [7, 11) is 0. The molecule has 0 aliphatic carbocycles. The second-order valence-electron chi connectivity index (χ2n) is 8.58. The molecule has 0 saturated carbocycles. The van der Waals surface area contributed by atoms with E-state index in [1.54, 1.807) is 0 Å². The fraction of sp³-hybridized carbons (Fsp3) is 1.00. The highest BCUT2D eigenvalue weighted by atomic mass is 15.3. The second-order valence-corrected chi connectivity index (χ2v) is 8.58. The van der Waals surface area contributed by atoms with Gasteiger partial charge in [-0.2, -0.15) is 0 Å². The van der Waals surface area contributed by atoms with Gasteiger partial charge in [0.2, 0.25) is 0 Å². The van der Waals surface area contributed by atoms with Crippen molar-refractivity contribution >= 4 is 0 Å². The van der Waals surface area contributed by atoms with Crippen molar-refractivity contribution < 1.29 is 0 Å². The zero-order chi connectivity index (χ0) is 15.8. The molecule has 2 heterocycles. The maximum absolute atomic E-state index is 2.83. The molecule has 0 amide bonds. The molecular weight excluding hydrogens is 258 g/mol. The largest absolute Gasteiger partial charge is 0.301 e. The molecule has 2 fully saturated rings. The Bertz CT molecular complexity index is 314. The van der Waals surface area contributed by atoms with Crippen LogP contribution in [0.15, 0.2) is 0 Å². The highest BCUT2D eigenvalue weighted by molar-refractivity contribution is 4.94. The predicted molar refractivity (Wildman–Crippen MR) is 91.8 cm³/mol. The van der Waals surface area contributed by atoms with Crippen LogP contribution in [0.2, 0.25) is 0 Å². The first kappa shape index (κ1) is 17.2. The summed E-state index contributed by atoms with van der Waals surface area (Å²) in [5, 5.41) is 0. The molecule has 2 atom stereocenters. The van der Waals surface area contributed by atoms with Gasteiger partial charge >= 0.3 is 0 Å². The Balaban J connectivity index is 1.96. The standard InChI is InChI=1S/C18H37N3/c1-14(2)19-10-8-17(9-11-19)21-15(3)12-20(13-16(21)4)18(5,6)7/h14-17H,8-13H2,1-7H3. The topological polar surface area (TPSA) is 9.72 Å². The molecule has 0 spiro atoms. The Labute approximate surface area is 132 Å². The Morgan fingerprint density at radius 3 is 1.76 bits per heavy atom. The van der Waals surface area contributed by atoms with Gasteiger partial charge in [0.05, 0.1) is 0 Å². The van der Waals surface area contributed by atoms with Crippen molar-refractivity contribution in [3.8, 4) is 0 Å². The summed E-state index contributed by atoms with van der Waals surface area (Å²) in [6.45, 7) is 21.6. The monoisotopic (exact) mass is 295 g/mol. The first-order valence-electron chi connectivity index (χ1n) is 8.96. The molecule has 2 rings (SSSR count). The molecule has 0 aromatic heterocycles. The fourth-order valence-corrected chi connectivity index (χ4v) is 4.30. The van der Waals surface area contributed by atoms with Gasteiger partial charge in [0, 0.05) is 42.8 Å². The van der Waals surface area contributed by atoms with Crippen LogP contribution in [0.3, 0.4) is 0 Å². The average Bonchev–Trinajstić information content (AvgIpc) is 2.37. The van der Waals surface area contributed by atoms with Crippen LogP contribution in [0, 0.1) is 0 Å². The SMILES string of the molecule is CC(C)N1CCC(N2C(C)CN(C(C)(C)C)CC2C)CC1. The summed E-state index contributed by atoms with van der Waals surface area (Å²) >= 11 is 0. The molecule has 21 heavy (non-hydrogen) atoms. The summed E-state index contributed by atoms with van der Waals surface area (Å²) < 4.78 is 0. The van der Waals surface area contributed by atoms with E-state index < -0.39 is 0 Å². The molecule has 2 unspecified atom stereocenters. The van der Waals surface area contributed by atoms with Gasteiger partial charge in [-0.3, -0.25) is 9.80 Å². The summed E-state index contributed by atoms with van der Waals surface area (Å²) in [5.74, 6) is 0. The van der Waals surface area contributed by atoms with Crippen LogP contribution in [0.25, 0.3) is 0 Å². The normalized spacial score (nSPS) is 32.0. The van der Waals surface area contributed by atoms with Crippen LogP contribution in [-0.2, 0) is 0 Å². The number of rotatable bonds is 2. The van der Waals surface area contributed by atoms with Crippen molar-refractivity contribution in [1.82, 2.24) is 14.7 Å². The Hall–Kier alpha value is -0.120. The van der Waals surface area contributed by atoms with E-state index in [-0.39, 0.29) is 0 Å². The molecule has 0 radical (unpaired) electrons. The maximum atomic E-state index is 2.83. The summed E-state index contributed by atoms with van der Waals surface area (Å²) in [4.78, 5) is 8.14. The van der Waals surface area contributed by atoms with Crippen LogP contribution in [-0.4, -0.2) is 70.6 Å². The molecule has 0 aromatic carbocycles. The minimum Gasteiger partial charge on any atom is -0.301 e. The molecule has 3 nitrogen and oxygen atoms in total. The van der Waals surface area contributed by atoms with Crippen LogP contribution in [0.1, 0.15) is 61.3 Å². The van der Waals surface area contributed by atoms with Gasteiger partial charge in [-0.1, -0.05) is 0 Å². The third-order valence-corrected chi connectivity index (χ3v) is 5.59. The number of hydrogen-bond acceptors (Lipinski definition) is 3. The lowest BCUT2D eigenvalue weighted by Crippen LogP contribution is -2.64. The summed E-state index contributed by atoms with van der Waals surface area (Å²) in [5.41, 5.74) is 0.301. The van der Waals surface area contributed by atoms with Gasteiger partial charge < -0.3 is 4.90 Å². The Kier molecular flexibility index (Phi) is 5.38. The van der Waals surface area contributed by atoms with Crippen molar-refractivity contribution in [1.29, 1.82) is 0 Å². The van der Waals surface area contributed by atoms with Crippen molar-refractivity contribution in [2.45, 2.75) is 91.0 Å². The van der Waals surface area contributed by atoms with Gasteiger partial charge in [0.15, 0.2) is 0 Å². The zero-order valence-electron chi connectivity index (χ0n) is 15.4. The van der Waals surface area contributed by atoms with E-state index >= 15 is 0 Å². The number of piperazine rings is 1. The van der Waals surface area contributed by atoms with Gasteiger partial charge in [-0.25, -0.2) is 0 Å². The smallest absolute Gasteiger partial charge is 0.0201 e. The minimum atomic E-state index is 0.301. The van der Waals surface area contributed by atoms with E-state index in [1.165, 1.54) is 39.0 Å². The maximum Gasteiger partial charge on any atom is 0.0201 e. The quantitative estimate of drug-likeness (QED) is 0.775. The first-order chi connectivity index (χ1) is 9.70. The second kappa shape index (κ2) is 6.55. The van der Waals surface area contributed by atoms with E-state index in [9.17, 15) is 0 Å². The number of hydrogen-bond donors (Lipinski definition) is 0. The van der Waals surface area contributed by atoms with Gasteiger partial charge in [0.1, 0.15) is 0 Å². The molecule has 0 aromatic rings. The van der Waals surface area contributed by atoms with E-state index in [0.29, 0.717) is 23.7 Å². The molecular formula is C18H37N3. The molecule has 0 N–H and O–H groups in total. The highest BCUT2D eigenvalue weighted by Gasteiger charge is 2.38. The van der Waals surface area contributed by atoms with Crippen LogP contribution in [0.5, 0.6) is 0 Å². The third kappa shape index (κ3) is 4.00. The van der Waals surface area contributed by atoms with Crippen molar-refractivity contribution in [3.05, 3.63) is 0 Å². The minimum absolute atomic E-state index is 0.301. The van der Waals surface area contributed by atoms with Gasteiger partial charge in [-0.15, -0.1) is 0 Å². The zero-order valence-corrected chi connectivity index (χ0v) is 15.4. The van der Waals surface area contributed by atoms with Gasteiger partial charge in [0.25, 0.3) is 0 Å². The predicted octanol–water partition coefficient (Wildman–Crippen LogP) is 3.05. The van der Waals surface area contributed by atoms with E-state index in [2.05, 4.69) is 63.2 Å². The highest BCUT2D eigenvalue weighted by Crippen LogP contribution is 2.28. The Morgan fingerprint density at radius 1 is 0.905 bits per heavy atom. The molecule has 3 heteroatoms. The lowest BCUT2D eigenvalue weighted by Gasteiger charge is -2.53. The lowest BCUT2D eigenvalue weighted by atomic mass is 9.94. The average molecular weight is 296 g/mol. The van der Waals surface area contributed by atoms with E-state index in [4.69, 9.17) is 0 Å². The van der Waals surface area contributed by atoms with Crippen molar-refractivity contribution in [2.24, 2.45) is 0 Å². The molecule has 2 aliphatic heterocycles.